The van der Waals surface area contributed by atoms with Crippen LogP contribution in [0.25, 0.3) is 0 Å². The first-order valence-electron chi connectivity index (χ1n) is 4.06. The van der Waals surface area contributed by atoms with Crippen molar-refractivity contribution >= 4 is 14.2 Å². The lowest BCUT2D eigenvalue weighted by Crippen LogP contribution is -2.48. The fraction of sp³-hybridized carbons (Fsp3) is 0.833. The van der Waals surface area contributed by atoms with Crippen LogP contribution >= 0.6 is 8.25 Å². The molecule has 0 spiro atoms. The van der Waals surface area contributed by atoms with Gasteiger partial charge in [0.1, 0.15) is 18.3 Å². The highest BCUT2D eigenvalue weighted by atomic mass is 31.1. The van der Waals surface area contributed by atoms with E-state index >= 15 is 0 Å². The van der Waals surface area contributed by atoms with Crippen molar-refractivity contribution in [2.75, 3.05) is 6.61 Å². The molecule has 0 aromatic heterocycles. The molecule has 8 N–H and O–H groups in total. The molecular formula is C6H14O10P+. The van der Waals surface area contributed by atoms with Crippen LogP contribution in [0.15, 0.2) is 0 Å². The fourth-order valence-electron chi connectivity index (χ4n) is 0.668. The summed E-state index contributed by atoms with van der Waals surface area (Å²) in [7, 11) is -2.87. The van der Waals surface area contributed by atoms with Gasteiger partial charge in [0.15, 0.2) is 6.10 Å². The third-order valence-electron chi connectivity index (χ3n) is 1.51. The maximum Gasteiger partial charge on any atom is 0.692 e. The zero-order chi connectivity index (χ0) is 14.2. The Morgan fingerprint density at radius 2 is 1.41 bits per heavy atom. The van der Waals surface area contributed by atoms with Crippen LogP contribution in [0, 0.1) is 0 Å². The number of aliphatic carboxylic acids is 1. The molecule has 0 rings (SSSR count). The molecule has 4 atom stereocenters. The molecule has 10 nitrogen and oxygen atoms in total. The zero-order valence-corrected chi connectivity index (χ0v) is 9.25. The number of hydrogen-bond donors (Lipinski definition) is 8. The van der Waals surface area contributed by atoms with E-state index in [1.54, 1.807) is 0 Å². The maximum absolute atomic E-state index is 10.1. The van der Waals surface area contributed by atoms with Crippen molar-refractivity contribution in [1.82, 2.24) is 0 Å². The first-order valence-corrected chi connectivity index (χ1v) is 5.22. The highest BCUT2D eigenvalue weighted by Crippen LogP contribution is 2.04. The third kappa shape index (κ3) is 9.03. The van der Waals surface area contributed by atoms with Crippen LogP contribution in [0.4, 0.5) is 0 Å². The van der Waals surface area contributed by atoms with Gasteiger partial charge in [-0.25, -0.2) is 4.79 Å². The van der Waals surface area contributed by atoms with Gasteiger partial charge in [-0.05, 0) is 0 Å². The molecule has 0 amide bonds. The first kappa shape index (κ1) is 18.6. The SMILES string of the molecule is O=C(O)[C@H](O)[C@@H](O)[C@H](O)[C@H](O)CO.O=[P+](O)O. The molecule has 0 fully saturated rings. The average Bonchev–Trinajstić information content (AvgIpc) is 2.23. The monoisotopic (exact) mass is 277 g/mol. The summed E-state index contributed by atoms with van der Waals surface area (Å²) in [6.07, 6.45) is -7.84. The van der Waals surface area contributed by atoms with E-state index in [0.717, 1.165) is 0 Å². The molecule has 0 aliphatic rings. The van der Waals surface area contributed by atoms with Crippen LogP contribution in [0.3, 0.4) is 0 Å². The van der Waals surface area contributed by atoms with E-state index in [9.17, 15) is 4.79 Å². The predicted octanol–water partition coefficient (Wildman–Crippen LogP) is -3.86. The van der Waals surface area contributed by atoms with Gasteiger partial charge in [0, 0.05) is 4.57 Å². The summed E-state index contributed by atoms with van der Waals surface area (Å²) in [4.78, 5) is 24.3. The van der Waals surface area contributed by atoms with E-state index in [1.165, 1.54) is 0 Å². The normalized spacial score (nSPS) is 17.1. The zero-order valence-electron chi connectivity index (χ0n) is 8.36. The summed E-state index contributed by atoms with van der Waals surface area (Å²) in [5.74, 6) is -1.73. The molecule has 0 aliphatic carbocycles. The lowest BCUT2D eigenvalue weighted by atomic mass is 10.0. The van der Waals surface area contributed by atoms with Gasteiger partial charge in [0.05, 0.1) is 6.61 Å². The summed E-state index contributed by atoms with van der Waals surface area (Å²) >= 11 is 0. The molecule has 0 aliphatic heterocycles. The molecule has 0 heterocycles. The first-order chi connectivity index (χ1) is 7.64. The highest BCUT2D eigenvalue weighted by Gasteiger charge is 2.33. The van der Waals surface area contributed by atoms with Crippen molar-refractivity contribution in [1.29, 1.82) is 0 Å². The molecule has 0 saturated carbocycles. The van der Waals surface area contributed by atoms with Crippen molar-refractivity contribution in [3.05, 3.63) is 0 Å². The second-order valence-corrected chi connectivity index (χ2v) is 3.27. The van der Waals surface area contributed by atoms with Gasteiger partial charge in [-0.3, -0.25) is 0 Å². The van der Waals surface area contributed by atoms with Crippen LogP contribution < -0.4 is 0 Å². The summed E-state index contributed by atoms with van der Waals surface area (Å²) in [6, 6.07) is 0. The molecule has 17 heavy (non-hydrogen) atoms. The van der Waals surface area contributed by atoms with Crippen molar-refractivity contribution < 1.29 is 49.8 Å². The second kappa shape index (κ2) is 9.33. The number of rotatable bonds is 5. The Balaban J connectivity index is 0. The van der Waals surface area contributed by atoms with Gasteiger partial charge in [0.25, 0.3) is 0 Å². The van der Waals surface area contributed by atoms with E-state index < -0.39 is 45.2 Å². The van der Waals surface area contributed by atoms with E-state index in [2.05, 4.69) is 0 Å². The second-order valence-electron chi connectivity index (χ2n) is 2.77. The van der Waals surface area contributed by atoms with Crippen molar-refractivity contribution in [3.8, 4) is 0 Å². The number of aliphatic hydroxyl groups is 5. The van der Waals surface area contributed by atoms with Gasteiger partial charge in [0.2, 0.25) is 0 Å². The van der Waals surface area contributed by atoms with Crippen LogP contribution in [-0.4, -0.2) is 77.4 Å². The minimum Gasteiger partial charge on any atom is -0.479 e. The van der Waals surface area contributed by atoms with Crippen LogP contribution in [0.5, 0.6) is 0 Å². The van der Waals surface area contributed by atoms with Crippen molar-refractivity contribution in [2.24, 2.45) is 0 Å². The molecule has 102 valence electrons. The Hall–Kier alpha value is -0.710. The van der Waals surface area contributed by atoms with Gasteiger partial charge in [-0.15, -0.1) is 9.79 Å². The number of aliphatic hydroxyl groups excluding tert-OH is 5. The van der Waals surface area contributed by atoms with Crippen LogP contribution in [-0.2, 0) is 9.36 Å². The van der Waals surface area contributed by atoms with Gasteiger partial charge < -0.3 is 30.6 Å². The Morgan fingerprint density at radius 3 is 1.65 bits per heavy atom. The molecule has 0 bridgehead atoms. The maximum atomic E-state index is 10.1. The Morgan fingerprint density at radius 1 is 1.06 bits per heavy atom. The standard InChI is InChI=1S/C6H12O7.HO3P/c7-1-2(8)3(9)4(10)5(11)6(12)13;1-4(2)3/h2-5,7-11H,1H2,(H,12,13);(H-,1,2,3)/p+1/t2-,3-,4+,5-;/m1./s1. The summed E-state index contributed by atoms with van der Waals surface area (Å²) in [5, 5.41) is 51.8. The topological polar surface area (TPSA) is 196 Å². The van der Waals surface area contributed by atoms with Crippen molar-refractivity contribution in [3.63, 3.8) is 0 Å². The van der Waals surface area contributed by atoms with Gasteiger partial charge in [-0.1, -0.05) is 0 Å². The molecule has 0 aromatic rings. The lowest BCUT2D eigenvalue weighted by Gasteiger charge is -2.23. The van der Waals surface area contributed by atoms with Crippen LogP contribution in [0.1, 0.15) is 0 Å². The van der Waals surface area contributed by atoms with Crippen molar-refractivity contribution in [2.45, 2.75) is 24.4 Å². The van der Waals surface area contributed by atoms with E-state index in [0.29, 0.717) is 0 Å². The smallest absolute Gasteiger partial charge is 0.479 e. The summed E-state index contributed by atoms with van der Waals surface area (Å²) in [5.41, 5.74) is 0. The third-order valence-corrected chi connectivity index (χ3v) is 1.51. The number of carboxylic acids is 1. The molecule has 11 heteroatoms. The van der Waals surface area contributed by atoms with Gasteiger partial charge >= 0.3 is 14.2 Å². The number of hydrogen-bond acceptors (Lipinski definition) is 7. The molecule has 0 aromatic carbocycles. The fourth-order valence-corrected chi connectivity index (χ4v) is 0.668. The minimum absolute atomic E-state index is 0.843. The quantitative estimate of drug-likeness (QED) is 0.230. The molecular weight excluding hydrogens is 263 g/mol. The largest absolute Gasteiger partial charge is 0.692 e. The highest BCUT2D eigenvalue weighted by molar-refractivity contribution is 7.30. The Kier molecular flexibility index (Phi) is 10.2. The van der Waals surface area contributed by atoms with Gasteiger partial charge in [-0.2, -0.15) is 0 Å². The van der Waals surface area contributed by atoms with Crippen LogP contribution in [0.2, 0.25) is 0 Å². The summed E-state index contributed by atoms with van der Waals surface area (Å²) < 4.78 is 8.70. The predicted molar refractivity (Wildman–Crippen MR) is 50.8 cm³/mol. The molecule has 0 saturated heterocycles. The molecule has 0 unspecified atom stereocenters. The molecule has 0 radical (unpaired) electrons. The summed E-state index contributed by atoms with van der Waals surface area (Å²) in [6.45, 7) is -0.843. The Labute approximate surface area is 96.0 Å². The number of carbonyl (C=O) groups is 1. The number of carboxylic acid groups (broad SMARTS) is 1. The van der Waals surface area contributed by atoms with E-state index in [4.69, 9.17) is 45.0 Å². The van der Waals surface area contributed by atoms with E-state index in [1.807, 2.05) is 0 Å². The van der Waals surface area contributed by atoms with E-state index in [-0.39, 0.29) is 0 Å². The average molecular weight is 277 g/mol. The lowest BCUT2D eigenvalue weighted by molar-refractivity contribution is -0.164. The Bertz CT molecular complexity index is 241. The minimum atomic E-state index is -2.87.